The first-order valence-corrected chi connectivity index (χ1v) is 6.22. The Balaban J connectivity index is 2.34. The number of nitrogens with one attached hydrogen (secondary N) is 1. The molecule has 0 saturated heterocycles. The highest BCUT2D eigenvalue weighted by Gasteiger charge is 2.09. The SMILES string of the molecule is CNc1ncnc(Oc2ccccc2I)c1C. The molecule has 1 aromatic heterocycles. The fourth-order valence-electron chi connectivity index (χ4n) is 1.42. The van der Waals surface area contributed by atoms with E-state index in [9.17, 15) is 0 Å². The lowest BCUT2D eigenvalue weighted by Crippen LogP contribution is -2.00. The van der Waals surface area contributed by atoms with Crippen LogP contribution >= 0.6 is 22.6 Å². The van der Waals surface area contributed by atoms with E-state index >= 15 is 0 Å². The van der Waals surface area contributed by atoms with Crippen molar-refractivity contribution in [2.24, 2.45) is 0 Å². The monoisotopic (exact) mass is 341 g/mol. The van der Waals surface area contributed by atoms with E-state index in [1.807, 2.05) is 38.2 Å². The minimum absolute atomic E-state index is 0.577. The van der Waals surface area contributed by atoms with E-state index in [-0.39, 0.29) is 0 Å². The van der Waals surface area contributed by atoms with Crippen LogP contribution in [0.5, 0.6) is 11.6 Å². The van der Waals surface area contributed by atoms with Crippen LogP contribution in [-0.2, 0) is 0 Å². The highest BCUT2D eigenvalue weighted by atomic mass is 127. The Morgan fingerprint density at radius 1 is 1.24 bits per heavy atom. The van der Waals surface area contributed by atoms with E-state index in [0.29, 0.717) is 5.88 Å². The van der Waals surface area contributed by atoms with Crippen LogP contribution < -0.4 is 10.1 Å². The summed E-state index contributed by atoms with van der Waals surface area (Å²) in [6.45, 7) is 1.93. The standard InChI is InChI=1S/C12H12IN3O/c1-8-11(14-2)15-7-16-12(8)17-10-6-4-3-5-9(10)13/h3-7H,1-2H3,(H,14,15,16). The molecule has 2 rings (SSSR count). The summed E-state index contributed by atoms with van der Waals surface area (Å²) in [7, 11) is 1.82. The Hall–Kier alpha value is -1.37. The molecule has 1 heterocycles. The number of hydrogen-bond acceptors (Lipinski definition) is 4. The molecule has 0 unspecified atom stereocenters. The maximum atomic E-state index is 5.78. The van der Waals surface area contributed by atoms with Gasteiger partial charge in [-0.15, -0.1) is 0 Å². The van der Waals surface area contributed by atoms with E-state index < -0.39 is 0 Å². The molecule has 0 aliphatic rings. The van der Waals surface area contributed by atoms with Gasteiger partial charge < -0.3 is 10.1 Å². The van der Waals surface area contributed by atoms with Crippen LogP contribution in [0.25, 0.3) is 0 Å². The molecule has 5 heteroatoms. The fourth-order valence-corrected chi connectivity index (χ4v) is 1.92. The fraction of sp³-hybridized carbons (Fsp3) is 0.167. The summed E-state index contributed by atoms with van der Waals surface area (Å²) in [5.74, 6) is 2.16. The van der Waals surface area contributed by atoms with Gasteiger partial charge in [-0.2, -0.15) is 0 Å². The first kappa shape index (κ1) is 12.1. The van der Waals surface area contributed by atoms with Crippen LogP contribution in [0.4, 0.5) is 5.82 Å². The van der Waals surface area contributed by atoms with E-state index in [1.54, 1.807) is 0 Å². The van der Waals surface area contributed by atoms with Gasteiger partial charge in [0.15, 0.2) is 0 Å². The molecule has 0 radical (unpaired) electrons. The average Bonchev–Trinajstić information content (AvgIpc) is 2.34. The highest BCUT2D eigenvalue weighted by molar-refractivity contribution is 14.1. The van der Waals surface area contributed by atoms with Crippen LogP contribution in [0.1, 0.15) is 5.56 Å². The summed E-state index contributed by atoms with van der Waals surface area (Å²) in [4.78, 5) is 8.26. The maximum Gasteiger partial charge on any atom is 0.227 e. The minimum atomic E-state index is 0.577. The smallest absolute Gasteiger partial charge is 0.227 e. The van der Waals surface area contributed by atoms with Crippen molar-refractivity contribution in [2.75, 3.05) is 12.4 Å². The van der Waals surface area contributed by atoms with Crippen LogP contribution in [-0.4, -0.2) is 17.0 Å². The third-order valence-electron chi connectivity index (χ3n) is 2.32. The Labute approximate surface area is 114 Å². The van der Waals surface area contributed by atoms with Crippen LogP contribution in [0.2, 0.25) is 0 Å². The van der Waals surface area contributed by atoms with Gasteiger partial charge in [-0.3, -0.25) is 0 Å². The van der Waals surface area contributed by atoms with Crippen molar-refractivity contribution in [3.63, 3.8) is 0 Å². The van der Waals surface area contributed by atoms with E-state index in [1.165, 1.54) is 6.33 Å². The van der Waals surface area contributed by atoms with E-state index in [4.69, 9.17) is 4.74 Å². The average molecular weight is 341 g/mol. The number of anilines is 1. The number of aromatic nitrogens is 2. The summed E-state index contributed by atoms with van der Waals surface area (Å²) >= 11 is 2.23. The van der Waals surface area contributed by atoms with E-state index in [0.717, 1.165) is 20.7 Å². The summed E-state index contributed by atoms with van der Waals surface area (Å²) in [6, 6.07) is 7.82. The minimum Gasteiger partial charge on any atom is -0.437 e. The molecule has 0 spiro atoms. The summed E-state index contributed by atoms with van der Waals surface area (Å²) in [6.07, 6.45) is 1.49. The van der Waals surface area contributed by atoms with Gasteiger partial charge in [0.05, 0.1) is 9.13 Å². The second-order valence-electron chi connectivity index (χ2n) is 3.43. The van der Waals surface area contributed by atoms with Crippen molar-refractivity contribution in [3.8, 4) is 11.6 Å². The predicted octanol–water partition coefficient (Wildman–Crippen LogP) is 3.22. The highest BCUT2D eigenvalue weighted by Crippen LogP contribution is 2.28. The summed E-state index contributed by atoms with van der Waals surface area (Å²) < 4.78 is 6.83. The molecule has 2 aromatic rings. The van der Waals surface area contributed by atoms with Crippen molar-refractivity contribution in [3.05, 3.63) is 39.7 Å². The Morgan fingerprint density at radius 3 is 2.71 bits per heavy atom. The third-order valence-corrected chi connectivity index (χ3v) is 3.21. The molecule has 88 valence electrons. The van der Waals surface area contributed by atoms with E-state index in [2.05, 4.69) is 37.9 Å². The Morgan fingerprint density at radius 2 is 2.00 bits per heavy atom. The molecule has 4 nitrogen and oxygen atoms in total. The molecule has 0 fully saturated rings. The quantitative estimate of drug-likeness (QED) is 0.871. The lowest BCUT2D eigenvalue weighted by atomic mass is 10.3. The van der Waals surface area contributed by atoms with Crippen LogP contribution in [0.15, 0.2) is 30.6 Å². The number of para-hydroxylation sites is 1. The Kier molecular flexibility index (Phi) is 3.78. The second-order valence-corrected chi connectivity index (χ2v) is 4.60. The molecule has 0 saturated carbocycles. The zero-order chi connectivity index (χ0) is 12.3. The summed E-state index contributed by atoms with van der Waals surface area (Å²) in [5, 5.41) is 3.00. The molecule has 0 atom stereocenters. The van der Waals surface area contributed by atoms with Crippen molar-refractivity contribution < 1.29 is 4.74 Å². The molecule has 17 heavy (non-hydrogen) atoms. The lowest BCUT2D eigenvalue weighted by molar-refractivity contribution is 0.454. The molecule has 0 aliphatic carbocycles. The molecule has 1 aromatic carbocycles. The molecule has 1 N–H and O–H groups in total. The number of benzene rings is 1. The molecule has 0 bridgehead atoms. The normalized spacial score (nSPS) is 10.1. The first-order chi connectivity index (χ1) is 8.22. The zero-order valence-electron chi connectivity index (χ0n) is 9.57. The first-order valence-electron chi connectivity index (χ1n) is 5.14. The largest absolute Gasteiger partial charge is 0.437 e. The predicted molar refractivity (Wildman–Crippen MR) is 75.5 cm³/mol. The topological polar surface area (TPSA) is 47.0 Å². The van der Waals surface area contributed by atoms with Gasteiger partial charge >= 0.3 is 0 Å². The van der Waals surface area contributed by atoms with Gasteiger partial charge in [-0.1, -0.05) is 12.1 Å². The number of nitrogens with zero attached hydrogens (tertiary/aromatic N) is 2. The third kappa shape index (κ3) is 2.66. The van der Waals surface area contributed by atoms with Gasteiger partial charge in [0, 0.05) is 7.05 Å². The van der Waals surface area contributed by atoms with Gasteiger partial charge in [-0.05, 0) is 41.6 Å². The maximum absolute atomic E-state index is 5.78. The Bertz CT molecular complexity index is 531. The van der Waals surface area contributed by atoms with Gasteiger partial charge in [-0.25, -0.2) is 9.97 Å². The van der Waals surface area contributed by atoms with Gasteiger partial charge in [0.25, 0.3) is 0 Å². The second kappa shape index (κ2) is 5.31. The summed E-state index contributed by atoms with van der Waals surface area (Å²) in [5.41, 5.74) is 0.898. The van der Waals surface area contributed by atoms with Crippen LogP contribution in [0.3, 0.4) is 0 Å². The number of ether oxygens (including phenoxy) is 1. The van der Waals surface area contributed by atoms with Crippen molar-refractivity contribution in [2.45, 2.75) is 6.92 Å². The molecule has 0 amide bonds. The molecular formula is C12H12IN3O. The van der Waals surface area contributed by atoms with Crippen molar-refractivity contribution in [1.82, 2.24) is 9.97 Å². The van der Waals surface area contributed by atoms with Crippen molar-refractivity contribution >= 4 is 28.4 Å². The van der Waals surface area contributed by atoms with Gasteiger partial charge in [0.1, 0.15) is 17.9 Å². The number of hydrogen-bond donors (Lipinski definition) is 1. The molecule has 0 aliphatic heterocycles. The molecular weight excluding hydrogens is 329 g/mol. The lowest BCUT2D eigenvalue weighted by Gasteiger charge is -2.10. The van der Waals surface area contributed by atoms with Crippen molar-refractivity contribution in [1.29, 1.82) is 0 Å². The van der Waals surface area contributed by atoms with Crippen LogP contribution in [0, 0.1) is 10.5 Å². The van der Waals surface area contributed by atoms with Gasteiger partial charge in [0.2, 0.25) is 5.88 Å². The number of halogens is 1. The number of rotatable bonds is 3. The zero-order valence-corrected chi connectivity index (χ0v) is 11.7.